The molecule has 0 bridgehead atoms. The average molecular weight is 380 g/mol. The van der Waals surface area contributed by atoms with Crippen LogP contribution in [0, 0.1) is 5.92 Å². The highest BCUT2D eigenvalue weighted by atomic mass is 16.2. The van der Waals surface area contributed by atoms with Gasteiger partial charge in [-0.2, -0.15) is 0 Å². The summed E-state index contributed by atoms with van der Waals surface area (Å²) in [6, 6.07) is 12.9. The monoisotopic (exact) mass is 379 g/mol. The quantitative estimate of drug-likeness (QED) is 0.818. The molecule has 0 saturated carbocycles. The number of piperidine rings is 1. The third-order valence-corrected chi connectivity index (χ3v) is 6.23. The summed E-state index contributed by atoms with van der Waals surface area (Å²) in [5.74, 6) is 3.19. The minimum absolute atomic E-state index is 0.140. The molecule has 1 aromatic heterocycles. The fourth-order valence-electron chi connectivity index (χ4n) is 4.43. The lowest BCUT2D eigenvalue weighted by atomic mass is 9.79. The first kappa shape index (κ1) is 18.7. The van der Waals surface area contributed by atoms with E-state index in [1.54, 1.807) is 11.2 Å². The van der Waals surface area contributed by atoms with Crippen LogP contribution in [0.3, 0.4) is 0 Å². The number of anilines is 2. The smallest absolute Gasteiger partial charge is 0.241 e. The van der Waals surface area contributed by atoms with Gasteiger partial charge in [-0.15, -0.1) is 0 Å². The Morgan fingerprint density at radius 1 is 1.04 bits per heavy atom. The summed E-state index contributed by atoms with van der Waals surface area (Å²) < 4.78 is 0. The Hall–Kier alpha value is -2.63. The first-order valence-corrected chi connectivity index (χ1v) is 10.3. The maximum atomic E-state index is 12.0. The number of rotatable bonds is 4. The molecule has 2 aromatic rings. The van der Waals surface area contributed by atoms with Gasteiger partial charge in [-0.1, -0.05) is 43.7 Å². The van der Waals surface area contributed by atoms with Crippen LogP contribution in [-0.4, -0.2) is 60.5 Å². The number of hydrogen-bond donors (Lipinski definition) is 0. The third-order valence-electron chi connectivity index (χ3n) is 6.23. The molecule has 28 heavy (non-hydrogen) atoms. The highest BCUT2D eigenvalue weighted by molar-refractivity contribution is 5.82. The Balaban J connectivity index is 1.49. The van der Waals surface area contributed by atoms with Crippen LogP contribution in [-0.2, 0) is 4.79 Å². The predicted molar refractivity (Wildman–Crippen MR) is 112 cm³/mol. The number of likely N-dealkylation sites (N-methyl/N-ethyl adjacent to an activating group) is 1. The van der Waals surface area contributed by atoms with Crippen LogP contribution >= 0.6 is 0 Å². The van der Waals surface area contributed by atoms with Gasteiger partial charge in [-0.25, -0.2) is 9.97 Å². The van der Waals surface area contributed by atoms with Crippen molar-refractivity contribution in [1.82, 2.24) is 14.9 Å². The third kappa shape index (κ3) is 3.81. The molecule has 0 aliphatic carbocycles. The summed E-state index contributed by atoms with van der Waals surface area (Å²) >= 11 is 0. The Labute approximate surface area is 167 Å². The van der Waals surface area contributed by atoms with Crippen molar-refractivity contribution in [2.45, 2.75) is 25.7 Å². The Kier molecular flexibility index (Phi) is 5.46. The lowest BCUT2D eigenvalue weighted by Crippen LogP contribution is -2.49. The second-order valence-corrected chi connectivity index (χ2v) is 7.89. The van der Waals surface area contributed by atoms with Gasteiger partial charge in [0.05, 0.1) is 6.54 Å². The molecule has 4 rings (SSSR count). The molecule has 0 spiro atoms. The topological polar surface area (TPSA) is 52.6 Å². The maximum absolute atomic E-state index is 12.0. The molecule has 2 atom stereocenters. The van der Waals surface area contributed by atoms with Crippen molar-refractivity contribution in [3.63, 3.8) is 0 Å². The average Bonchev–Trinajstić information content (AvgIpc) is 2.76. The number of aromatic nitrogens is 2. The number of benzene rings is 1. The van der Waals surface area contributed by atoms with Gasteiger partial charge in [0.1, 0.15) is 18.0 Å². The largest absolute Gasteiger partial charge is 0.356 e. The van der Waals surface area contributed by atoms with Crippen molar-refractivity contribution in [1.29, 1.82) is 0 Å². The van der Waals surface area contributed by atoms with E-state index in [-0.39, 0.29) is 5.91 Å². The summed E-state index contributed by atoms with van der Waals surface area (Å²) in [6.07, 6.45) is 3.92. The van der Waals surface area contributed by atoms with E-state index in [0.29, 0.717) is 18.4 Å². The number of nitrogens with zero attached hydrogens (tertiary/aromatic N) is 5. The fraction of sp³-hybridized carbons (Fsp3) is 0.500. The molecule has 6 heteroatoms. The van der Waals surface area contributed by atoms with Crippen molar-refractivity contribution in [2.24, 2.45) is 5.92 Å². The van der Waals surface area contributed by atoms with Gasteiger partial charge in [0.25, 0.3) is 0 Å². The summed E-state index contributed by atoms with van der Waals surface area (Å²) in [6.45, 7) is 6.22. The van der Waals surface area contributed by atoms with Crippen LogP contribution < -0.4 is 9.80 Å². The summed E-state index contributed by atoms with van der Waals surface area (Å²) in [5.41, 5.74) is 1.45. The van der Waals surface area contributed by atoms with Crippen LogP contribution in [0.15, 0.2) is 42.7 Å². The number of hydrogen-bond acceptors (Lipinski definition) is 5. The van der Waals surface area contributed by atoms with Gasteiger partial charge in [-0.05, 0) is 23.8 Å². The summed E-state index contributed by atoms with van der Waals surface area (Å²) in [5, 5.41) is 0. The minimum atomic E-state index is 0.140. The van der Waals surface area contributed by atoms with Gasteiger partial charge in [0, 0.05) is 39.3 Å². The van der Waals surface area contributed by atoms with E-state index in [1.807, 2.05) is 13.1 Å². The molecule has 2 saturated heterocycles. The lowest BCUT2D eigenvalue weighted by Gasteiger charge is -2.39. The number of piperazine rings is 1. The van der Waals surface area contributed by atoms with Crippen LogP contribution in [0.2, 0.25) is 0 Å². The van der Waals surface area contributed by atoms with Crippen LogP contribution in [0.1, 0.15) is 31.2 Å². The normalized spacial score (nSPS) is 23.2. The minimum Gasteiger partial charge on any atom is -0.356 e. The van der Waals surface area contributed by atoms with Gasteiger partial charge in [0.2, 0.25) is 5.91 Å². The predicted octanol–water partition coefficient (Wildman–Crippen LogP) is 2.78. The van der Waals surface area contributed by atoms with E-state index in [9.17, 15) is 4.79 Å². The molecule has 1 amide bonds. The van der Waals surface area contributed by atoms with Crippen molar-refractivity contribution >= 4 is 17.5 Å². The lowest BCUT2D eigenvalue weighted by molar-refractivity contribution is -0.129. The van der Waals surface area contributed by atoms with Gasteiger partial charge in [-0.3, -0.25) is 4.79 Å². The van der Waals surface area contributed by atoms with E-state index in [0.717, 1.165) is 50.7 Å². The SMILES string of the molecule is CCC1CN(c2cc(N3CCN(C)C(=O)C3)ncn2)CCC1c1ccccc1. The molecule has 0 radical (unpaired) electrons. The first-order chi connectivity index (χ1) is 13.7. The molecular weight excluding hydrogens is 350 g/mol. The molecule has 0 N–H and O–H groups in total. The molecule has 3 heterocycles. The Morgan fingerprint density at radius 3 is 2.50 bits per heavy atom. The van der Waals surface area contributed by atoms with Crippen LogP contribution in [0.25, 0.3) is 0 Å². The molecule has 148 valence electrons. The molecule has 2 aliphatic heterocycles. The van der Waals surface area contributed by atoms with Gasteiger partial charge >= 0.3 is 0 Å². The Morgan fingerprint density at radius 2 is 1.79 bits per heavy atom. The molecule has 1 aromatic carbocycles. The van der Waals surface area contributed by atoms with E-state index < -0.39 is 0 Å². The second-order valence-electron chi connectivity index (χ2n) is 7.89. The van der Waals surface area contributed by atoms with Crippen molar-refractivity contribution in [3.8, 4) is 0 Å². The molecule has 6 nitrogen and oxygen atoms in total. The van der Waals surface area contributed by atoms with Crippen molar-refractivity contribution in [2.75, 3.05) is 49.6 Å². The number of carbonyl (C=O) groups is 1. The number of amides is 1. The zero-order chi connectivity index (χ0) is 19.5. The summed E-state index contributed by atoms with van der Waals surface area (Å²) in [7, 11) is 1.85. The zero-order valence-electron chi connectivity index (χ0n) is 16.8. The molecule has 2 aliphatic rings. The van der Waals surface area contributed by atoms with Crippen LogP contribution in [0.4, 0.5) is 11.6 Å². The van der Waals surface area contributed by atoms with E-state index in [2.05, 4.69) is 57.0 Å². The standard InChI is InChI=1S/C22H29N5O/c1-3-17-14-26(10-9-19(17)18-7-5-4-6-8-18)20-13-21(24-16-23-20)27-12-11-25(2)22(28)15-27/h4-8,13,16-17,19H,3,9-12,14-15H2,1-2H3. The van der Waals surface area contributed by atoms with E-state index >= 15 is 0 Å². The van der Waals surface area contributed by atoms with E-state index in [1.165, 1.54) is 5.56 Å². The van der Waals surface area contributed by atoms with Gasteiger partial charge < -0.3 is 14.7 Å². The van der Waals surface area contributed by atoms with Crippen LogP contribution in [0.5, 0.6) is 0 Å². The van der Waals surface area contributed by atoms with E-state index in [4.69, 9.17) is 0 Å². The highest BCUT2D eigenvalue weighted by Gasteiger charge is 2.30. The number of carbonyl (C=O) groups excluding carboxylic acids is 1. The molecular formula is C22H29N5O. The van der Waals surface area contributed by atoms with Crippen molar-refractivity contribution in [3.05, 3.63) is 48.3 Å². The summed E-state index contributed by atoms with van der Waals surface area (Å²) in [4.78, 5) is 27.3. The maximum Gasteiger partial charge on any atom is 0.241 e. The Bertz CT molecular complexity index is 812. The molecule has 2 unspecified atom stereocenters. The van der Waals surface area contributed by atoms with Crippen molar-refractivity contribution < 1.29 is 4.79 Å². The first-order valence-electron chi connectivity index (χ1n) is 10.3. The fourth-order valence-corrected chi connectivity index (χ4v) is 4.43. The highest BCUT2D eigenvalue weighted by Crippen LogP contribution is 2.36. The second kappa shape index (κ2) is 8.17. The van der Waals surface area contributed by atoms with Gasteiger partial charge in [0.15, 0.2) is 0 Å². The zero-order valence-corrected chi connectivity index (χ0v) is 16.8. The molecule has 2 fully saturated rings.